The first-order chi connectivity index (χ1) is 8.24. The zero-order valence-corrected chi connectivity index (χ0v) is 8.86. The van der Waals surface area contributed by atoms with Crippen molar-refractivity contribution in [1.82, 2.24) is 15.3 Å². The van der Waals surface area contributed by atoms with Crippen molar-refractivity contribution in [1.29, 1.82) is 0 Å². The number of rotatable bonds is 1. The van der Waals surface area contributed by atoms with Crippen LogP contribution in [-0.4, -0.2) is 21.8 Å². The fourth-order valence-electron chi connectivity index (χ4n) is 1.91. The molecular formula is C12H9N3O2. The lowest BCUT2D eigenvalue weighted by Crippen LogP contribution is -2.19. The molecule has 5 heteroatoms. The van der Waals surface area contributed by atoms with Crippen molar-refractivity contribution in [3.63, 3.8) is 0 Å². The molecule has 0 saturated carbocycles. The van der Waals surface area contributed by atoms with Crippen LogP contribution in [0.3, 0.4) is 0 Å². The number of aromatic nitrogens is 2. The van der Waals surface area contributed by atoms with Crippen molar-refractivity contribution < 1.29 is 9.59 Å². The Bertz CT molecular complexity index is 655. The molecule has 2 aromatic rings. The van der Waals surface area contributed by atoms with E-state index in [1.54, 1.807) is 18.5 Å². The second kappa shape index (κ2) is 3.55. The first-order valence-electron chi connectivity index (χ1n) is 5.21. The molecular weight excluding hydrogens is 218 g/mol. The van der Waals surface area contributed by atoms with E-state index in [4.69, 9.17) is 0 Å². The van der Waals surface area contributed by atoms with Gasteiger partial charge in [-0.05, 0) is 18.2 Å². The van der Waals surface area contributed by atoms with E-state index < -0.39 is 0 Å². The third-order valence-corrected chi connectivity index (χ3v) is 2.71. The maximum absolute atomic E-state index is 11.4. The van der Waals surface area contributed by atoms with E-state index in [0.717, 1.165) is 16.6 Å². The number of amides is 2. The number of hydrogen-bond donors (Lipinski definition) is 2. The molecule has 1 saturated heterocycles. The number of pyridine rings is 1. The standard InChI is InChI=1S/C12H9N3O2/c16-10-5-7(12(17)15-10)4-8-6-14-11-9(8)2-1-3-13-11/h1-4,6H,5H2,(H,13,14)(H,15,16,17)/b7-4-. The summed E-state index contributed by atoms with van der Waals surface area (Å²) < 4.78 is 0. The normalized spacial score (nSPS) is 18.0. The van der Waals surface area contributed by atoms with Crippen molar-refractivity contribution in [3.8, 4) is 0 Å². The molecule has 0 radical (unpaired) electrons. The molecule has 17 heavy (non-hydrogen) atoms. The highest BCUT2D eigenvalue weighted by Crippen LogP contribution is 2.21. The maximum Gasteiger partial charge on any atom is 0.254 e. The molecule has 1 fully saturated rings. The van der Waals surface area contributed by atoms with Gasteiger partial charge in [0.2, 0.25) is 5.91 Å². The molecule has 84 valence electrons. The van der Waals surface area contributed by atoms with Gasteiger partial charge in [0.1, 0.15) is 5.65 Å². The van der Waals surface area contributed by atoms with Crippen molar-refractivity contribution in [2.75, 3.05) is 0 Å². The van der Waals surface area contributed by atoms with Gasteiger partial charge in [0.15, 0.2) is 0 Å². The molecule has 2 N–H and O–H groups in total. The van der Waals surface area contributed by atoms with Crippen LogP contribution >= 0.6 is 0 Å². The Labute approximate surface area is 96.5 Å². The van der Waals surface area contributed by atoms with E-state index in [1.807, 2.05) is 12.1 Å². The number of fused-ring (bicyclic) bond motifs is 1. The van der Waals surface area contributed by atoms with Crippen LogP contribution in [0.1, 0.15) is 12.0 Å². The number of carbonyl (C=O) groups is 2. The van der Waals surface area contributed by atoms with Gasteiger partial charge in [0.05, 0.1) is 6.42 Å². The molecule has 0 aliphatic carbocycles. The summed E-state index contributed by atoms with van der Waals surface area (Å²) in [5, 5.41) is 3.19. The lowest BCUT2D eigenvalue weighted by molar-refractivity contribution is -0.124. The molecule has 0 atom stereocenters. The minimum atomic E-state index is -0.312. The average Bonchev–Trinajstić information content (AvgIpc) is 2.85. The molecule has 3 rings (SSSR count). The Hall–Kier alpha value is -2.43. The molecule has 0 spiro atoms. The number of nitrogens with zero attached hydrogens (tertiary/aromatic N) is 1. The zero-order chi connectivity index (χ0) is 11.8. The SMILES string of the molecule is O=C1C/C(=C/c2c[nH]c3ncccc23)C(=O)N1. The summed E-state index contributed by atoms with van der Waals surface area (Å²) in [6.07, 6.45) is 5.34. The summed E-state index contributed by atoms with van der Waals surface area (Å²) in [5.74, 6) is -0.563. The lowest BCUT2D eigenvalue weighted by Gasteiger charge is -1.92. The van der Waals surface area contributed by atoms with Gasteiger partial charge in [-0.3, -0.25) is 14.9 Å². The summed E-state index contributed by atoms with van der Waals surface area (Å²) >= 11 is 0. The maximum atomic E-state index is 11.4. The van der Waals surface area contributed by atoms with Gasteiger partial charge < -0.3 is 4.98 Å². The Morgan fingerprint density at radius 2 is 2.24 bits per heavy atom. The Morgan fingerprint density at radius 1 is 1.35 bits per heavy atom. The van der Waals surface area contributed by atoms with Gasteiger partial charge in [0.25, 0.3) is 5.91 Å². The van der Waals surface area contributed by atoms with E-state index in [2.05, 4.69) is 15.3 Å². The quantitative estimate of drug-likeness (QED) is 0.563. The van der Waals surface area contributed by atoms with Gasteiger partial charge in [-0.25, -0.2) is 4.98 Å². The summed E-state index contributed by atoms with van der Waals surface area (Å²) in [6, 6.07) is 3.75. The second-order valence-corrected chi connectivity index (χ2v) is 3.87. The van der Waals surface area contributed by atoms with E-state index in [0.29, 0.717) is 5.57 Å². The molecule has 2 aromatic heterocycles. The number of carbonyl (C=O) groups excluding carboxylic acids is 2. The van der Waals surface area contributed by atoms with Crippen LogP contribution in [0.25, 0.3) is 17.1 Å². The fraction of sp³-hybridized carbons (Fsp3) is 0.0833. The minimum absolute atomic E-state index is 0.145. The van der Waals surface area contributed by atoms with Crippen LogP contribution in [-0.2, 0) is 9.59 Å². The Morgan fingerprint density at radius 3 is 3.00 bits per heavy atom. The van der Waals surface area contributed by atoms with Crippen LogP contribution in [0, 0.1) is 0 Å². The lowest BCUT2D eigenvalue weighted by atomic mass is 10.1. The highest BCUT2D eigenvalue weighted by molar-refractivity contribution is 6.16. The van der Waals surface area contributed by atoms with E-state index >= 15 is 0 Å². The zero-order valence-electron chi connectivity index (χ0n) is 8.86. The molecule has 0 bridgehead atoms. The van der Waals surface area contributed by atoms with Crippen LogP contribution in [0.15, 0.2) is 30.1 Å². The summed E-state index contributed by atoms with van der Waals surface area (Å²) in [5.41, 5.74) is 2.12. The number of H-pyrrole nitrogens is 1. The highest BCUT2D eigenvalue weighted by Gasteiger charge is 2.23. The van der Waals surface area contributed by atoms with Crippen LogP contribution < -0.4 is 5.32 Å². The molecule has 1 aliphatic rings. The van der Waals surface area contributed by atoms with Gasteiger partial charge in [-0.15, -0.1) is 0 Å². The van der Waals surface area contributed by atoms with E-state index in [9.17, 15) is 9.59 Å². The molecule has 5 nitrogen and oxygen atoms in total. The summed E-state index contributed by atoms with van der Waals surface area (Å²) in [4.78, 5) is 29.7. The van der Waals surface area contributed by atoms with Crippen LogP contribution in [0.4, 0.5) is 0 Å². The first-order valence-corrected chi connectivity index (χ1v) is 5.21. The molecule has 0 aromatic carbocycles. The van der Waals surface area contributed by atoms with Gasteiger partial charge >= 0.3 is 0 Å². The smallest absolute Gasteiger partial charge is 0.254 e. The third kappa shape index (κ3) is 1.61. The van der Waals surface area contributed by atoms with Crippen molar-refractivity contribution in [2.45, 2.75) is 6.42 Å². The van der Waals surface area contributed by atoms with E-state index in [1.165, 1.54) is 0 Å². The minimum Gasteiger partial charge on any atom is -0.346 e. The van der Waals surface area contributed by atoms with Crippen LogP contribution in [0.2, 0.25) is 0 Å². The fourth-order valence-corrected chi connectivity index (χ4v) is 1.91. The monoisotopic (exact) mass is 227 g/mol. The van der Waals surface area contributed by atoms with Gasteiger partial charge in [-0.1, -0.05) is 0 Å². The molecule has 0 unspecified atom stereocenters. The number of nitrogens with one attached hydrogen (secondary N) is 2. The van der Waals surface area contributed by atoms with E-state index in [-0.39, 0.29) is 18.2 Å². The largest absolute Gasteiger partial charge is 0.346 e. The predicted octanol–water partition coefficient (Wildman–Crippen LogP) is 0.993. The average molecular weight is 227 g/mol. The first kappa shape index (κ1) is 9.77. The molecule has 3 heterocycles. The second-order valence-electron chi connectivity index (χ2n) is 3.87. The topological polar surface area (TPSA) is 74.8 Å². The molecule has 2 amide bonds. The number of aromatic amines is 1. The van der Waals surface area contributed by atoms with Crippen LogP contribution in [0.5, 0.6) is 0 Å². The van der Waals surface area contributed by atoms with Gasteiger partial charge in [-0.2, -0.15) is 0 Å². The van der Waals surface area contributed by atoms with Crippen molar-refractivity contribution >= 4 is 28.9 Å². The number of imide groups is 1. The Balaban J connectivity index is 2.08. The third-order valence-electron chi connectivity index (χ3n) is 2.71. The summed E-state index contributed by atoms with van der Waals surface area (Å²) in [7, 11) is 0. The Kier molecular flexibility index (Phi) is 2.04. The summed E-state index contributed by atoms with van der Waals surface area (Å²) in [6.45, 7) is 0. The molecule has 1 aliphatic heterocycles. The van der Waals surface area contributed by atoms with Crippen molar-refractivity contribution in [3.05, 3.63) is 35.7 Å². The van der Waals surface area contributed by atoms with Crippen molar-refractivity contribution in [2.24, 2.45) is 0 Å². The highest BCUT2D eigenvalue weighted by atomic mass is 16.2. The van der Waals surface area contributed by atoms with Gasteiger partial charge in [0, 0.05) is 28.9 Å². The predicted molar refractivity (Wildman–Crippen MR) is 61.8 cm³/mol. The number of hydrogen-bond acceptors (Lipinski definition) is 3.